The van der Waals surface area contributed by atoms with Crippen molar-refractivity contribution in [1.82, 2.24) is 5.32 Å². The number of hydrogen-bond donors (Lipinski definition) is 1. The Morgan fingerprint density at radius 1 is 1.20 bits per heavy atom. The molecule has 0 amide bonds. The molecule has 2 heteroatoms. The molecule has 2 rings (SSSR count). The highest BCUT2D eigenvalue weighted by Crippen LogP contribution is 2.29. The summed E-state index contributed by atoms with van der Waals surface area (Å²) >= 11 is 0. The van der Waals surface area contributed by atoms with Crippen LogP contribution in [0.25, 0.3) is 0 Å². The third-order valence-corrected chi connectivity index (χ3v) is 4.80. The predicted octanol–water partition coefficient (Wildman–Crippen LogP) is 4.10. The van der Waals surface area contributed by atoms with Crippen molar-refractivity contribution >= 4 is 0 Å². The second-order valence-corrected chi connectivity index (χ2v) is 6.45. The van der Waals surface area contributed by atoms with Crippen LogP contribution in [-0.4, -0.2) is 19.2 Å². The molecule has 1 fully saturated rings. The summed E-state index contributed by atoms with van der Waals surface area (Å²) in [5, 5.41) is 3.68. The Hall–Kier alpha value is -1.02. The lowest BCUT2D eigenvalue weighted by Crippen LogP contribution is -2.42. The van der Waals surface area contributed by atoms with Gasteiger partial charge in [0.05, 0.1) is 0 Å². The first-order chi connectivity index (χ1) is 9.58. The molecule has 0 saturated heterocycles. The first kappa shape index (κ1) is 15.4. The average molecular weight is 275 g/mol. The van der Waals surface area contributed by atoms with E-state index in [-0.39, 0.29) is 0 Å². The molecule has 1 saturated carbocycles. The summed E-state index contributed by atoms with van der Waals surface area (Å²) < 4.78 is 5.88. The summed E-state index contributed by atoms with van der Waals surface area (Å²) in [5.41, 5.74) is 2.52. The Bertz CT molecular complexity index is 429. The minimum Gasteiger partial charge on any atom is -0.492 e. The third-order valence-electron chi connectivity index (χ3n) is 4.80. The highest BCUT2D eigenvalue weighted by molar-refractivity contribution is 5.35. The number of hydrogen-bond acceptors (Lipinski definition) is 2. The van der Waals surface area contributed by atoms with Crippen molar-refractivity contribution in [2.45, 2.75) is 53.0 Å². The van der Waals surface area contributed by atoms with Gasteiger partial charge in [0.15, 0.2) is 0 Å². The van der Waals surface area contributed by atoms with Gasteiger partial charge < -0.3 is 10.1 Å². The van der Waals surface area contributed by atoms with E-state index >= 15 is 0 Å². The fourth-order valence-electron chi connectivity index (χ4n) is 3.24. The second-order valence-electron chi connectivity index (χ2n) is 6.45. The van der Waals surface area contributed by atoms with Gasteiger partial charge in [0.1, 0.15) is 12.4 Å². The largest absolute Gasteiger partial charge is 0.492 e. The van der Waals surface area contributed by atoms with Gasteiger partial charge in [-0.3, -0.25) is 0 Å². The highest BCUT2D eigenvalue weighted by Gasteiger charge is 2.26. The standard InChI is InChI=1S/C18H29NO/c1-13-8-9-18(15(3)12-13)20-11-10-19-17-7-5-6-14(2)16(17)4/h8-9,12,14,16-17,19H,5-7,10-11H2,1-4H3/t14-,16+,17+/m1/s1. The number of ether oxygens (including phenoxy) is 1. The van der Waals surface area contributed by atoms with E-state index in [1.807, 2.05) is 0 Å². The van der Waals surface area contributed by atoms with Gasteiger partial charge in [0.2, 0.25) is 0 Å². The molecule has 0 spiro atoms. The Balaban J connectivity index is 1.73. The summed E-state index contributed by atoms with van der Waals surface area (Å²) in [5.74, 6) is 2.65. The van der Waals surface area contributed by atoms with E-state index in [0.717, 1.165) is 30.7 Å². The molecule has 0 heterocycles. The summed E-state index contributed by atoms with van der Waals surface area (Å²) in [4.78, 5) is 0. The summed E-state index contributed by atoms with van der Waals surface area (Å²) in [7, 11) is 0. The van der Waals surface area contributed by atoms with E-state index in [1.165, 1.54) is 30.4 Å². The van der Waals surface area contributed by atoms with E-state index in [9.17, 15) is 0 Å². The molecule has 112 valence electrons. The quantitative estimate of drug-likeness (QED) is 0.817. The van der Waals surface area contributed by atoms with Crippen LogP contribution in [0.1, 0.15) is 44.2 Å². The van der Waals surface area contributed by atoms with E-state index in [1.54, 1.807) is 0 Å². The van der Waals surface area contributed by atoms with Gasteiger partial charge in [-0.25, -0.2) is 0 Å². The van der Waals surface area contributed by atoms with Crippen LogP contribution in [0, 0.1) is 25.7 Å². The van der Waals surface area contributed by atoms with Crippen molar-refractivity contribution in [3.8, 4) is 5.75 Å². The molecule has 0 radical (unpaired) electrons. The number of benzene rings is 1. The minimum atomic E-state index is 0.668. The second kappa shape index (κ2) is 7.12. The lowest BCUT2D eigenvalue weighted by Gasteiger charge is -2.34. The van der Waals surface area contributed by atoms with E-state index in [4.69, 9.17) is 4.74 Å². The van der Waals surface area contributed by atoms with Gasteiger partial charge in [-0.15, -0.1) is 0 Å². The number of nitrogens with one attached hydrogen (secondary N) is 1. The number of aryl methyl sites for hydroxylation is 2. The van der Waals surface area contributed by atoms with Gasteiger partial charge in [0, 0.05) is 12.6 Å². The lowest BCUT2D eigenvalue weighted by molar-refractivity contribution is 0.197. The van der Waals surface area contributed by atoms with Crippen molar-refractivity contribution in [2.24, 2.45) is 11.8 Å². The predicted molar refractivity (Wildman–Crippen MR) is 85.4 cm³/mol. The summed E-state index contributed by atoms with van der Waals surface area (Å²) in [6.45, 7) is 10.7. The van der Waals surface area contributed by atoms with Crippen LogP contribution in [0.4, 0.5) is 0 Å². The van der Waals surface area contributed by atoms with Crippen molar-refractivity contribution in [3.05, 3.63) is 29.3 Å². The molecule has 1 aliphatic carbocycles. The number of rotatable bonds is 5. The van der Waals surface area contributed by atoms with E-state index < -0.39 is 0 Å². The van der Waals surface area contributed by atoms with Crippen molar-refractivity contribution in [1.29, 1.82) is 0 Å². The average Bonchev–Trinajstić information content (AvgIpc) is 2.41. The van der Waals surface area contributed by atoms with Crippen molar-refractivity contribution < 1.29 is 4.74 Å². The molecule has 0 aliphatic heterocycles. The van der Waals surface area contributed by atoms with Crippen LogP contribution in [0.5, 0.6) is 5.75 Å². The van der Waals surface area contributed by atoms with E-state index in [2.05, 4.69) is 51.2 Å². The molecule has 1 N–H and O–H groups in total. The molecular formula is C18H29NO. The molecule has 0 aromatic heterocycles. The van der Waals surface area contributed by atoms with Gasteiger partial charge in [-0.05, 0) is 43.7 Å². The minimum absolute atomic E-state index is 0.668. The van der Waals surface area contributed by atoms with Gasteiger partial charge in [-0.1, -0.05) is 44.4 Å². The fraction of sp³-hybridized carbons (Fsp3) is 0.667. The van der Waals surface area contributed by atoms with Crippen LogP contribution < -0.4 is 10.1 Å². The maximum absolute atomic E-state index is 5.88. The molecule has 1 aromatic carbocycles. The van der Waals surface area contributed by atoms with Crippen LogP contribution in [0.3, 0.4) is 0 Å². The van der Waals surface area contributed by atoms with Crippen molar-refractivity contribution in [2.75, 3.05) is 13.2 Å². The van der Waals surface area contributed by atoms with E-state index in [0.29, 0.717) is 6.04 Å². The molecular weight excluding hydrogens is 246 g/mol. The normalized spacial score (nSPS) is 26.5. The molecule has 2 nitrogen and oxygen atoms in total. The first-order valence-electron chi connectivity index (χ1n) is 8.01. The molecule has 1 aromatic rings. The monoisotopic (exact) mass is 275 g/mol. The Morgan fingerprint density at radius 3 is 2.75 bits per heavy atom. The molecule has 20 heavy (non-hydrogen) atoms. The molecule has 0 unspecified atom stereocenters. The Kier molecular flexibility index (Phi) is 5.47. The molecule has 3 atom stereocenters. The molecule has 0 bridgehead atoms. The molecule has 1 aliphatic rings. The zero-order valence-corrected chi connectivity index (χ0v) is 13.4. The van der Waals surface area contributed by atoms with Gasteiger partial charge >= 0.3 is 0 Å². The van der Waals surface area contributed by atoms with Gasteiger partial charge in [0.25, 0.3) is 0 Å². The SMILES string of the molecule is Cc1ccc(OCCN[C@H]2CCC[C@@H](C)[C@@H]2C)c(C)c1. The Labute approximate surface area is 123 Å². The summed E-state index contributed by atoms with van der Waals surface area (Å²) in [6, 6.07) is 7.03. The van der Waals surface area contributed by atoms with Crippen LogP contribution in [0.2, 0.25) is 0 Å². The lowest BCUT2D eigenvalue weighted by atomic mass is 9.78. The summed E-state index contributed by atoms with van der Waals surface area (Å²) in [6.07, 6.45) is 4.06. The highest BCUT2D eigenvalue weighted by atomic mass is 16.5. The smallest absolute Gasteiger partial charge is 0.122 e. The van der Waals surface area contributed by atoms with Crippen LogP contribution in [-0.2, 0) is 0 Å². The van der Waals surface area contributed by atoms with Crippen LogP contribution in [0.15, 0.2) is 18.2 Å². The maximum atomic E-state index is 5.88. The maximum Gasteiger partial charge on any atom is 0.122 e. The fourth-order valence-corrected chi connectivity index (χ4v) is 3.24. The Morgan fingerprint density at radius 2 is 2.00 bits per heavy atom. The zero-order chi connectivity index (χ0) is 14.5. The zero-order valence-electron chi connectivity index (χ0n) is 13.4. The van der Waals surface area contributed by atoms with Crippen molar-refractivity contribution in [3.63, 3.8) is 0 Å². The topological polar surface area (TPSA) is 21.3 Å². The first-order valence-corrected chi connectivity index (χ1v) is 8.01. The van der Waals surface area contributed by atoms with Crippen LogP contribution >= 0.6 is 0 Å². The third kappa shape index (κ3) is 3.99. The van der Waals surface area contributed by atoms with Gasteiger partial charge in [-0.2, -0.15) is 0 Å².